The molecule has 0 aliphatic rings. The van der Waals surface area contributed by atoms with Gasteiger partial charge in [-0.2, -0.15) is 0 Å². The van der Waals surface area contributed by atoms with Crippen LogP contribution in [0.25, 0.3) is 26.9 Å². The topological polar surface area (TPSA) is 63.3 Å². The van der Waals surface area contributed by atoms with E-state index in [1.54, 1.807) is 24.4 Å². The minimum absolute atomic E-state index is 0.0539. The maximum atomic E-state index is 10.8. The molecule has 1 heterocycles. The average Bonchev–Trinajstić information content (AvgIpc) is 2.90. The van der Waals surface area contributed by atoms with Crippen molar-refractivity contribution in [1.29, 1.82) is 0 Å². The Morgan fingerprint density at radius 2 is 2.05 bits per heavy atom. The lowest BCUT2D eigenvalue weighted by Gasteiger charge is -2.00. The second kappa shape index (κ2) is 4.52. The summed E-state index contributed by atoms with van der Waals surface area (Å²) in [4.78, 5) is 17.0. The first-order valence-electron chi connectivity index (χ1n) is 5.92. The van der Waals surface area contributed by atoms with Crippen molar-refractivity contribution < 1.29 is 4.92 Å². The number of non-ortho nitro benzene ring substituents is 1. The van der Waals surface area contributed by atoms with E-state index in [1.165, 1.54) is 12.1 Å². The number of hydrogen-bond donors (Lipinski definition) is 1. The predicted octanol–water partition coefficient (Wildman–Crippen LogP) is 4.29. The van der Waals surface area contributed by atoms with Crippen LogP contribution in [0.2, 0.25) is 0 Å². The third kappa shape index (κ3) is 1.89. The monoisotopic (exact) mass is 263 g/mol. The third-order valence-corrected chi connectivity index (χ3v) is 3.16. The highest BCUT2D eigenvalue weighted by atomic mass is 16.6. The van der Waals surface area contributed by atoms with Crippen molar-refractivity contribution in [2.24, 2.45) is 0 Å². The van der Waals surface area contributed by atoms with Crippen molar-refractivity contribution in [3.8, 4) is 11.1 Å². The molecule has 0 saturated carbocycles. The summed E-state index contributed by atoms with van der Waals surface area (Å²) in [6.45, 7) is 7.06. The summed E-state index contributed by atoms with van der Waals surface area (Å²) in [6, 6.07) is 11.8. The number of nitrogens with one attached hydrogen (secondary N) is 1. The fraction of sp³-hybridized carbons (Fsp3) is 0. The lowest BCUT2D eigenvalue weighted by Crippen LogP contribution is -1.87. The molecular formula is C15H9N3O2. The Balaban J connectivity index is 2.22. The molecule has 96 valence electrons. The number of aromatic amines is 1. The second-order valence-electron chi connectivity index (χ2n) is 4.35. The first-order valence-corrected chi connectivity index (χ1v) is 5.92. The van der Waals surface area contributed by atoms with Gasteiger partial charge in [0.25, 0.3) is 5.69 Å². The molecule has 0 spiro atoms. The predicted molar refractivity (Wildman–Crippen MR) is 76.7 cm³/mol. The molecule has 2 aromatic carbocycles. The van der Waals surface area contributed by atoms with Crippen LogP contribution in [-0.4, -0.2) is 9.91 Å². The quantitative estimate of drug-likeness (QED) is 0.425. The fourth-order valence-electron chi connectivity index (χ4n) is 2.20. The molecule has 0 bridgehead atoms. The standard InChI is InChI=1S/C15H9N3O2/c1-16-11-5-6-15-13(8-11)14(9-17-15)10-3-2-4-12(7-10)18(19)20/h2-9,17H. The summed E-state index contributed by atoms with van der Waals surface area (Å²) in [5.74, 6) is 0. The summed E-state index contributed by atoms with van der Waals surface area (Å²) >= 11 is 0. The molecule has 3 aromatic rings. The number of H-pyrrole nitrogens is 1. The number of nitro benzene ring substituents is 1. The number of nitrogens with zero attached hydrogens (tertiary/aromatic N) is 2. The van der Waals surface area contributed by atoms with E-state index in [4.69, 9.17) is 6.57 Å². The van der Waals surface area contributed by atoms with Crippen LogP contribution in [-0.2, 0) is 0 Å². The van der Waals surface area contributed by atoms with Crippen LogP contribution in [0.5, 0.6) is 0 Å². The number of benzene rings is 2. The molecule has 0 aliphatic heterocycles. The summed E-state index contributed by atoms with van der Waals surface area (Å²) in [5.41, 5.74) is 3.11. The molecule has 5 heteroatoms. The first-order chi connectivity index (χ1) is 9.69. The number of rotatable bonds is 2. The van der Waals surface area contributed by atoms with Crippen LogP contribution in [0.15, 0.2) is 48.7 Å². The van der Waals surface area contributed by atoms with Crippen LogP contribution in [0, 0.1) is 16.7 Å². The molecule has 3 rings (SSSR count). The average molecular weight is 263 g/mol. The van der Waals surface area contributed by atoms with E-state index in [0.717, 1.165) is 22.0 Å². The second-order valence-corrected chi connectivity index (χ2v) is 4.35. The van der Waals surface area contributed by atoms with Crippen molar-refractivity contribution in [2.75, 3.05) is 0 Å². The highest BCUT2D eigenvalue weighted by molar-refractivity contribution is 5.97. The molecule has 0 saturated heterocycles. The fourth-order valence-corrected chi connectivity index (χ4v) is 2.20. The van der Waals surface area contributed by atoms with Gasteiger partial charge in [0.1, 0.15) is 0 Å². The van der Waals surface area contributed by atoms with Crippen LogP contribution >= 0.6 is 0 Å². The maximum Gasteiger partial charge on any atom is 0.270 e. The van der Waals surface area contributed by atoms with Gasteiger partial charge in [-0.05, 0) is 23.1 Å². The van der Waals surface area contributed by atoms with Crippen molar-refractivity contribution in [2.45, 2.75) is 0 Å². The van der Waals surface area contributed by atoms with E-state index in [1.807, 2.05) is 12.1 Å². The van der Waals surface area contributed by atoms with Gasteiger partial charge in [-0.15, -0.1) is 0 Å². The van der Waals surface area contributed by atoms with Gasteiger partial charge in [0.05, 0.1) is 11.5 Å². The lowest BCUT2D eigenvalue weighted by atomic mass is 10.0. The number of aromatic nitrogens is 1. The number of hydrogen-bond acceptors (Lipinski definition) is 2. The molecule has 0 fully saturated rings. The maximum absolute atomic E-state index is 10.8. The Morgan fingerprint density at radius 1 is 1.20 bits per heavy atom. The minimum Gasteiger partial charge on any atom is -0.361 e. The summed E-state index contributed by atoms with van der Waals surface area (Å²) < 4.78 is 0. The van der Waals surface area contributed by atoms with Crippen LogP contribution in [0.3, 0.4) is 0 Å². The summed E-state index contributed by atoms with van der Waals surface area (Å²) in [6.07, 6.45) is 1.80. The SMILES string of the molecule is [C-]#[N+]c1ccc2[nH]cc(-c3cccc([N+](=O)[O-])c3)c2c1. The largest absolute Gasteiger partial charge is 0.361 e. The highest BCUT2D eigenvalue weighted by Gasteiger charge is 2.11. The van der Waals surface area contributed by atoms with Crippen LogP contribution in [0.4, 0.5) is 11.4 Å². The molecule has 0 amide bonds. The van der Waals surface area contributed by atoms with Crippen molar-refractivity contribution in [3.63, 3.8) is 0 Å². The first kappa shape index (κ1) is 11.9. The van der Waals surface area contributed by atoms with Gasteiger partial charge in [0.15, 0.2) is 5.69 Å². The zero-order valence-electron chi connectivity index (χ0n) is 10.3. The Labute approximate surface area is 114 Å². The van der Waals surface area contributed by atoms with Gasteiger partial charge in [-0.25, -0.2) is 4.85 Å². The van der Waals surface area contributed by atoms with Gasteiger partial charge < -0.3 is 4.98 Å². The molecule has 20 heavy (non-hydrogen) atoms. The normalized spacial score (nSPS) is 10.3. The van der Waals surface area contributed by atoms with Gasteiger partial charge in [-0.1, -0.05) is 18.2 Å². The van der Waals surface area contributed by atoms with E-state index in [2.05, 4.69) is 9.83 Å². The van der Waals surface area contributed by atoms with Crippen LogP contribution in [0.1, 0.15) is 0 Å². The molecule has 5 nitrogen and oxygen atoms in total. The Morgan fingerprint density at radius 3 is 2.80 bits per heavy atom. The number of fused-ring (bicyclic) bond motifs is 1. The smallest absolute Gasteiger partial charge is 0.270 e. The van der Waals surface area contributed by atoms with E-state index in [0.29, 0.717) is 5.69 Å². The minimum atomic E-state index is -0.414. The van der Waals surface area contributed by atoms with Gasteiger partial charge in [0, 0.05) is 29.4 Å². The van der Waals surface area contributed by atoms with Gasteiger partial charge in [-0.3, -0.25) is 10.1 Å². The molecule has 0 aliphatic carbocycles. The number of nitro groups is 1. The van der Waals surface area contributed by atoms with E-state index < -0.39 is 4.92 Å². The summed E-state index contributed by atoms with van der Waals surface area (Å²) in [5, 5.41) is 11.7. The molecule has 1 N–H and O–H groups in total. The molecule has 0 unspecified atom stereocenters. The Hall–Kier alpha value is -3.13. The molecule has 1 aromatic heterocycles. The lowest BCUT2D eigenvalue weighted by molar-refractivity contribution is -0.384. The van der Waals surface area contributed by atoms with E-state index in [9.17, 15) is 10.1 Å². The zero-order chi connectivity index (χ0) is 14.1. The summed E-state index contributed by atoms with van der Waals surface area (Å²) in [7, 11) is 0. The van der Waals surface area contributed by atoms with E-state index >= 15 is 0 Å². The molecular weight excluding hydrogens is 254 g/mol. The van der Waals surface area contributed by atoms with Gasteiger partial charge in [0.2, 0.25) is 0 Å². The van der Waals surface area contributed by atoms with Gasteiger partial charge >= 0.3 is 0 Å². The van der Waals surface area contributed by atoms with Crippen molar-refractivity contribution in [3.05, 3.63) is 70.2 Å². The van der Waals surface area contributed by atoms with Crippen molar-refractivity contribution in [1.82, 2.24) is 4.98 Å². The third-order valence-electron chi connectivity index (χ3n) is 3.16. The van der Waals surface area contributed by atoms with Crippen LogP contribution < -0.4 is 0 Å². The van der Waals surface area contributed by atoms with E-state index in [-0.39, 0.29) is 5.69 Å². The highest BCUT2D eigenvalue weighted by Crippen LogP contribution is 2.32. The Bertz CT molecular complexity index is 859. The van der Waals surface area contributed by atoms with Crippen molar-refractivity contribution >= 4 is 22.3 Å². The molecule has 0 atom stereocenters. The Kier molecular flexibility index (Phi) is 2.70. The molecule has 0 radical (unpaired) electrons. The zero-order valence-corrected chi connectivity index (χ0v) is 10.3.